The van der Waals surface area contributed by atoms with Crippen molar-refractivity contribution in [3.8, 4) is 11.1 Å². The summed E-state index contributed by atoms with van der Waals surface area (Å²) in [6, 6.07) is 17.3. The summed E-state index contributed by atoms with van der Waals surface area (Å²) in [7, 11) is -3.95. The van der Waals surface area contributed by atoms with Gasteiger partial charge in [0, 0.05) is 47.6 Å². The van der Waals surface area contributed by atoms with Gasteiger partial charge in [-0.2, -0.15) is 0 Å². The van der Waals surface area contributed by atoms with Crippen molar-refractivity contribution in [2.45, 2.75) is 55.9 Å². The van der Waals surface area contributed by atoms with Gasteiger partial charge in [-0.05, 0) is 75.1 Å². The third kappa shape index (κ3) is 4.81. The minimum atomic E-state index is -3.95. The Morgan fingerprint density at radius 1 is 1.00 bits per heavy atom. The number of ketones is 1. The highest BCUT2D eigenvalue weighted by Crippen LogP contribution is 2.48. The van der Waals surface area contributed by atoms with Crippen molar-refractivity contribution in [1.29, 1.82) is 0 Å². The summed E-state index contributed by atoms with van der Waals surface area (Å²) < 4.78 is 34.0. The highest BCUT2D eigenvalue weighted by molar-refractivity contribution is 7.90. The second-order valence-electron chi connectivity index (χ2n) is 11.8. The summed E-state index contributed by atoms with van der Waals surface area (Å²) >= 11 is 6.21. The van der Waals surface area contributed by atoms with Crippen LogP contribution in [0.1, 0.15) is 56.0 Å². The third-order valence-electron chi connectivity index (χ3n) is 7.96. The smallest absolute Gasteiger partial charge is 0.410 e. The SMILES string of the molecule is CC(C)(C)OC(=O)N1CCC2(CC1)CC(=O)c1ccc(-c3cn(S(=O)(=O)c4ccccc4)c4nc(Cl)ccc34)cc12. The van der Waals surface area contributed by atoms with Crippen LogP contribution in [0.15, 0.2) is 71.8 Å². The Bertz CT molecular complexity index is 1800. The Labute approximate surface area is 243 Å². The number of Topliss-reactive ketones (excluding diaryl/α,β-unsaturated/α-hetero) is 1. The second kappa shape index (κ2) is 9.70. The number of carbonyl (C=O) groups is 2. The number of piperidine rings is 1. The van der Waals surface area contributed by atoms with Gasteiger partial charge in [0.05, 0.1) is 4.90 Å². The number of pyridine rings is 1. The van der Waals surface area contributed by atoms with Gasteiger partial charge in [0.2, 0.25) is 0 Å². The van der Waals surface area contributed by atoms with Crippen LogP contribution < -0.4 is 0 Å². The number of halogens is 1. The molecule has 1 spiro atoms. The average Bonchev–Trinajstić information content (AvgIpc) is 3.44. The van der Waals surface area contributed by atoms with Gasteiger partial charge in [-0.1, -0.05) is 41.9 Å². The maximum Gasteiger partial charge on any atom is 0.410 e. The number of hydrogen-bond acceptors (Lipinski definition) is 6. The second-order valence-corrected chi connectivity index (χ2v) is 14.0. The van der Waals surface area contributed by atoms with E-state index in [2.05, 4.69) is 4.98 Å². The molecule has 1 fully saturated rings. The Morgan fingerprint density at radius 3 is 2.39 bits per heavy atom. The third-order valence-corrected chi connectivity index (χ3v) is 9.83. The van der Waals surface area contributed by atoms with Crippen LogP contribution in [0.2, 0.25) is 5.15 Å². The van der Waals surface area contributed by atoms with Gasteiger partial charge in [0.1, 0.15) is 10.8 Å². The molecule has 2 aromatic heterocycles. The molecule has 3 heterocycles. The van der Waals surface area contributed by atoms with Crippen LogP contribution in [0.25, 0.3) is 22.2 Å². The van der Waals surface area contributed by atoms with Gasteiger partial charge in [-0.25, -0.2) is 22.2 Å². The fourth-order valence-corrected chi connectivity index (χ4v) is 7.43. The minimum absolute atomic E-state index is 0.0831. The standard InChI is InChI=1S/C31H30ClN3O5S/c1-30(2,3)40-29(37)34-15-13-31(14-16-34)18-26(36)23-10-9-20(17-25(23)31)24-19-35(28-22(24)11-12-27(32)33-28)41(38,39)21-7-5-4-6-8-21/h4-12,17,19H,13-16,18H2,1-3H3. The first kappa shape index (κ1) is 27.5. The quantitative estimate of drug-likeness (QED) is 0.254. The lowest BCUT2D eigenvalue weighted by molar-refractivity contribution is 0.0165. The molecule has 0 saturated carbocycles. The molecule has 1 saturated heterocycles. The summed E-state index contributed by atoms with van der Waals surface area (Å²) in [5.74, 6) is 0.0831. The van der Waals surface area contributed by atoms with E-state index in [-0.39, 0.29) is 27.6 Å². The van der Waals surface area contributed by atoms with Gasteiger partial charge in [-0.15, -0.1) is 0 Å². The van der Waals surface area contributed by atoms with Crippen LogP contribution in [0.5, 0.6) is 0 Å². The largest absolute Gasteiger partial charge is 0.444 e. The van der Waals surface area contributed by atoms with E-state index in [0.717, 1.165) is 11.1 Å². The zero-order valence-electron chi connectivity index (χ0n) is 23.1. The predicted molar refractivity (Wildman–Crippen MR) is 157 cm³/mol. The molecule has 2 aliphatic rings. The molecule has 0 unspecified atom stereocenters. The van der Waals surface area contributed by atoms with E-state index in [1.54, 1.807) is 53.6 Å². The van der Waals surface area contributed by atoms with Crippen LogP contribution in [0.4, 0.5) is 4.79 Å². The highest BCUT2D eigenvalue weighted by Gasteiger charge is 2.46. The molecule has 212 valence electrons. The topological polar surface area (TPSA) is 98.6 Å². The van der Waals surface area contributed by atoms with Crippen molar-refractivity contribution >= 4 is 44.5 Å². The molecule has 6 rings (SSSR count). The number of aromatic nitrogens is 2. The fraction of sp³-hybridized carbons (Fsp3) is 0.323. The van der Waals surface area contributed by atoms with Crippen molar-refractivity contribution in [3.05, 3.63) is 83.1 Å². The van der Waals surface area contributed by atoms with Gasteiger partial charge in [0.15, 0.2) is 11.4 Å². The van der Waals surface area contributed by atoms with E-state index in [4.69, 9.17) is 16.3 Å². The van der Waals surface area contributed by atoms with Gasteiger partial charge >= 0.3 is 6.09 Å². The number of hydrogen-bond donors (Lipinski definition) is 0. The maximum atomic E-state index is 13.6. The lowest BCUT2D eigenvalue weighted by atomic mass is 9.73. The molecule has 0 radical (unpaired) electrons. The van der Waals surface area contributed by atoms with Crippen molar-refractivity contribution in [2.24, 2.45) is 0 Å². The fourth-order valence-electron chi connectivity index (χ4n) is 5.95. The van der Waals surface area contributed by atoms with Crippen LogP contribution in [0, 0.1) is 0 Å². The molecule has 2 aromatic carbocycles. The Kier molecular flexibility index (Phi) is 6.50. The Balaban J connectivity index is 1.40. The zero-order chi connectivity index (χ0) is 29.2. The molecule has 1 amide bonds. The summed E-state index contributed by atoms with van der Waals surface area (Å²) in [6.45, 7) is 6.51. The number of likely N-dealkylation sites (tertiary alicyclic amines) is 1. The van der Waals surface area contributed by atoms with Gasteiger partial charge < -0.3 is 9.64 Å². The number of nitrogens with zero attached hydrogens (tertiary/aromatic N) is 3. The number of amides is 1. The lowest BCUT2D eigenvalue weighted by Gasteiger charge is -2.40. The molecule has 1 aliphatic heterocycles. The monoisotopic (exact) mass is 591 g/mol. The number of benzene rings is 2. The maximum absolute atomic E-state index is 13.6. The first-order chi connectivity index (χ1) is 19.4. The van der Waals surface area contributed by atoms with E-state index in [9.17, 15) is 18.0 Å². The number of rotatable bonds is 3. The van der Waals surface area contributed by atoms with Crippen molar-refractivity contribution < 1.29 is 22.7 Å². The van der Waals surface area contributed by atoms with Crippen LogP contribution in [-0.2, 0) is 20.2 Å². The van der Waals surface area contributed by atoms with Gasteiger partial charge in [0.25, 0.3) is 10.0 Å². The van der Waals surface area contributed by atoms with E-state index in [0.29, 0.717) is 48.9 Å². The summed E-state index contributed by atoms with van der Waals surface area (Å²) in [5, 5.41) is 0.814. The first-order valence-electron chi connectivity index (χ1n) is 13.5. The Hall–Kier alpha value is -3.69. The molecule has 8 nitrogen and oxygen atoms in total. The zero-order valence-corrected chi connectivity index (χ0v) is 24.6. The number of ether oxygens (including phenoxy) is 1. The number of carbonyl (C=O) groups excluding carboxylic acids is 2. The summed E-state index contributed by atoms with van der Waals surface area (Å²) in [5.41, 5.74) is 2.34. The van der Waals surface area contributed by atoms with E-state index in [1.165, 1.54) is 3.97 Å². The molecule has 10 heteroatoms. The van der Waals surface area contributed by atoms with Gasteiger partial charge in [-0.3, -0.25) is 4.79 Å². The lowest BCUT2D eigenvalue weighted by Crippen LogP contribution is -2.46. The predicted octanol–water partition coefficient (Wildman–Crippen LogP) is 6.45. The first-order valence-corrected chi connectivity index (χ1v) is 15.3. The molecule has 1 aliphatic carbocycles. The molecular formula is C31H30ClN3O5S. The molecule has 0 bridgehead atoms. The highest BCUT2D eigenvalue weighted by atomic mass is 35.5. The van der Waals surface area contributed by atoms with E-state index >= 15 is 0 Å². The average molecular weight is 592 g/mol. The molecule has 4 aromatic rings. The summed E-state index contributed by atoms with van der Waals surface area (Å²) in [4.78, 5) is 32.0. The number of fused-ring (bicyclic) bond motifs is 3. The van der Waals surface area contributed by atoms with Crippen LogP contribution in [-0.4, -0.2) is 52.8 Å². The minimum Gasteiger partial charge on any atom is -0.444 e. The van der Waals surface area contributed by atoms with Crippen molar-refractivity contribution in [3.63, 3.8) is 0 Å². The normalized spacial score (nSPS) is 16.8. The van der Waals surface area contributed by atoms with E-state index < -0.39 is 21.0 Å². The van der Waals surface area contributed by atoms with Crippen molar-refractivity contribution in [2.75, 3.05) is 13.1 Å². The Morgan fingerprint density at radius 2 is 1.71 bits per heavy atom. The van der Waals surface area contributed by atoms with E-state index in [1.807, 2.05) is 39.0 Å². The van der Waals surface area contributed by atoms with Crippen molar-refractivity contribution in [1.82, 2.24) is 13.9 Å². The molecule has 0 N–H and O–H groups in total. The molecule has 0 atom stereocenters. The molecular weight excluding hydrogens is 562 g/mol. The van der Waals surface area contributed by atoms with Crippen LogP contribution >= 0.6 is 11.6 Å². The summed E-state index contributed by atoms with van der Waals surface area (Å²) in [6.07, 6.45) is 2.89. The van der Waals surface area contributed by atoms with Crippen LogP contribution in [0.3, 0.4) is 0 Å². The molecule has 41 heavy (non-hydrogen) atoms.